The standard InChI is InChI=1S/C11H16ClNO3S/c1-13(5-8(12)6-15-2)11(14)10-4-9(16-3)7-17-10/h4,7-8H,5-6H2,1-3H3. The summed E-state index contributed by atoms with van der Waals surface area (Å²) in [4.78, 5) is 14.2. The van der Waals surface area contributed by atoms with E-state index in [-0.39, 0.29) is 11.3 Å². The highest BCUT2D eigenvalue weighted by Crippen LogP contribution is 2.22. The third-order valence-corrected chi connectivity index (χ3v) is 3.35. The number of halogens is 1. The topological polar surface area (TPSA) is 38.8 Å². The zero-order valence-electron chi connectivity index (χ0n) is 10.1. The van der Waals surface area contributed by atoms with Gasteiger partial charge in [-0.2, -0.15) is 0 Å². The van der Waals surface area contributed by atoms with Crippen LogP contribution in [0.5, 0.6) is 5.75 Å². The van der Waals surface area contributed by atoms with E-state index in [0.717, 1.165) is 0 Å². The molecule has 1 atom stereocenters. The van der Waals surface area contributed by atoms with E-state index in [9.17, 15) is 4.79 Å². The number of carbonyl (C=O) groups is 1. The summed E-state index contributed by atoms with van der Waals surface area (Å²) in [7, 11) is 4.88. The van der Waals surface area contributed by atoms with Crippen molar-refractivity contribution in [2.75, 3.05) is 34.4 Å². The fourth-order valence-corrected chi connectivity index (χ4v) is 2.52. The van der Waals surface area contributed by atoms with Gasteiger partial charge in [0, 0.05) is 32.1 Å². The highest BCUT2D eigenvalue weighted by atomic mass is 35.5. The van der Waals surface area contributed by atoms with E-state index in [1.54, 1.807) is 37.6 Å². The van der Waals surface area contributed by atoms with Gasteiger partial charge >= 0.3 is 0 Å². The first-order chi connectivity index (χ1) is 8.08. The maximum Gasteiger partial charge on any atom is 0.263 e. The monoisotopic (exact) mass is 277 g/mol. The lowest BCUT2D eigenvalue weighted by Crippen LogP contribution is -2.33. The average molecular weight is 278 g/mol. The van der Waals surface area contributed by atoms with E-state index >= 15 is 0 Å². The molecule has 17 heavy (non-hydrogen) atoms. The molecule has 96 valence electrons. The quantitative estimate of drug-likeness (QED) is 0.748. The van der Waals surface area contributed by atoms with Crippen LogP contribution in [0.3, 0.4) is 0 Å². The molecule has 0 fully saturated rings. The molecule has 0 aromatic carbocycles. The minimum atomic E-state index is -0.198. The molecule has 1 unspecified atom stereocenters. The van der Waals surface area contributed by atoms with Crippen molar-refractivity contribution in [1.29, 1.82) is 0 Å². The van der Waals surface area contributed by atoms with Crippen LogP contribution < -0.4 is 4.74 Å². The number of alkyl halides is 1. The Kier molecular flexibility index (Phi) is 5.74. The van der Waals surface area contributed by atoms with Crippen molar-refractivity contribution in [3.63, 3.8) is 0 Å². The molecule has 0 spiro atoms. The molecule has 4 nitrogen and oxygen atoms in total. The van der Waals surface area contributed by atoms with Gasteiger partial charge in [-0.25, -0.2) is 0 Å². The number of methoxy groups -OCH3 is 2. The molecule has 1 aromatic rings. The van der Waals surface area contributed by atoms with Crippen LogP contribution in [0.25, 0.3) is 0 Å². The zero-order valence-corrected chi connectivity index (χ0v) is 11.7. The van der Waals surface area contributed by atoms with E-state index in [1.165, 1.54) is 11.3 Å². The fourth-order valence-electron chi connectivity index (χ4n) is 1.34. The molecule has 0 saturated carbocycles. The molecule has 0 aliphatic heterocycles. The van der Waals surface area contributed by atoms with Crippen LogP contribution in [0.1, 0.15) is 9.67 Å². The lowest BCUT2D eigenvalue weighted by atomic mass is 10.3. The second kappa shape index (κ2) is 6.83. The molecule has 6 heteroatoms. The van der Waals surface area contributed by atoms with E-state index in [4.69, 9.17) is 21.1 Å². The fraction of sp³-hybridized carbons (Fsp3) is 0.545. The Bertz CT molecular complexity index is 369. The molecule has 0 saturated heterocycles. The van der Waals surface area contributed by atoms with Crippen molar-refractivity contribution in [2.24, 2.45) is 0 Å². The third kappa shape index (κ3) is 4.18. The minimum absolute atomic E-state index is 0.0555. The molecule has 0 radical (unpaired) electrons. The lowest BCUT2D eigenvalue weighted by Gasteiger charge is -2.19. The second-order valence-electron chi connectivity index (χ2n) is 3.59. The molecule has 1 amide bonds. The number of amides is 1. The summed E-state index contributed by atoms with van der Waals surface area (Å²) in [5, 5.41) is 1.60. The summed E-state index contributed by atoms with van der Waals surface area (Å²) in [5.41, 5.74) is 0. The molecule has 0 aliphatic rings. The van der Waals surface area contributed by atoms with E-state index in [0.29, 0.717) is 23.8 Å². The Hall–Kier alpha value is -0.780. The van der Waals surface area contributed by atoms with Gasteiger partial charge in [-0.05, 0) is 0 Å². The smallest absolute Gasteiger partial charge is 0.263 e. The Morgan fingerprint density at radius 1 is 1.59 bits per heavy atom. The first-order valence-electron chi connectivity index (χ1n) is 5.09. The van der Waals surface area contributed by atoms with Crippen LogP contribution in [0.4, 0.5) is 0 Å². The van der Waals surface area contributed by atoms with Crippen LogP contribution in [-0.4, -0.2) is 50.6 Å². The van der Waals surface area contributed by atoms with Crippen LogP contribution in [-0.2, 0) is 4.74 Å². The second-order valence-corrected chi connectivity index (χ2v) is 5.12. The van der Waals surface area contributed by atoms with E-state index in [1.807, 2.05) is 0 Å². The van der Waals surface area contributed by atoms with Gasteiger partial charge in [-0.15, -0.1) is 22.9 Å². The Morgan fingerprint density at radius 2 is 2.29 bits per heavy atom. The van der Waals surface area contributed by atoms with Gasteiger partial charge in [0.05, 0.1) is 24.0 Å². The predicted octanol–water partition coefficient (Wildman–Crippen LogP) is 2.08. The maximum atomic E-state index is 12.0. The summed E-state index contributed by atoms with van der Waals surface area (Å²) >= 11 is 7.36. The van der Waals surface area contributed by atoms with Crippen molar-refractivity contribution in [3.05, 3.63) is 16.3 Å². The van der Waals surface area contributed by atoms with Crippen molar-refractivity contribution in [3.8, 4) is 5.75 Å². The normalized spacial score (nSPS) is 12.2. The molecule has 1 heterocycles. The summed E-state index contributed by atoms with van der Waals surface area (Å²) in [6.07, 6.45) is 0. The van der Waals surface area contributed by atoms with Gasteiger partial charge in [-0.3, -0.25) is 4.79 Å². The number of hydrogen-bond donors (Lipinski definition) is 0. The average Bonchev–Trinajstić information content (AvgIpc) is 2.76. The van der Waals surface area contributed by atoms with Crippen LogP contribution >= 0.6 is 22.9 Å². The van der Waals surface area contributed by atoms with Crippen molar-refractivity contribution in [2.45, 2.75) is 5.38 Å². The molecule has 0 bridgehead atoms. The third-order valence-electron chi connectivity index (χ3n) is 2.19. The SMILES string of the molecule is COCC(Cl)CN(C)C(=O)c1cc(OC)cs1. The molecular formula is C11H16ClNO3S. The van der Waals surface area contributed by atoms with Gasteiger partial charge in [-0.1, -0.05) is 0 Å². The van der Waals surface area contributed by atoms with Crippen molar-refractivity contribution >= 4 is 28.8 Å². The van der Waals surface area contributed by atoms with Gasteiger partial charge in [0.25, 0.3) is 5.91 Å². The van der Waals surface area contributed by atoms with Crippen LogP contribution in [0.2, 0.25) is 0 Å². The molecule has 1 aromatic heterocycles. The van der Waals surface area contributed by atoms with Gasteiger partial charge in [0.1, 0.15) is 5.75 Å². The summed E-state index contributed by atoms with van der Waals surface area (Å²) < 4.78 is 9.96. The zero-order chi connectivity index (χ0) is 12.8. The number of carbonyl (C=O) groups excluding carboxylic acids is 1. The first kappa shape index (κ1) is 14.3. The number of thiophene rings is 1. The number of hydrogen-bond acceptors (Lipinski definition) is 4. The van der Waals surface area contributed by atoms with E-state index in [2.05, 4.69) is 0 Å². The number of ether oxygens (including phenoxy) is 2. The van der Waals surface area contributed by atoms with E-state index < -0.39 is 0 Å². The number of rotatable bonds is 6. The van der Waals surface area contributed by atoms with Gasteiger partial charge < -0.3 is 14.4 Å². The highest BCUT2D eigenvalue weighted by molar-refractivity contribution is 7.12. The summed E-state index contributed by atoms with van der Waals surface area (Å²) in [6, 6.07) is 1.73. The Labute approximate surface area is 110 Å². The first-order valence-corrected chi connectivity index (χ1v) is 6.41. The number of nitrogens with zero attached hydrogens (tertiary/aromatic N) is 1. The molecule has 0 aliphatic carbocycles. The molecular weight excluding hydrogens is 262 g/mol. The Morgan fingerprint density at radius 3 is 2.82 bits per heavy atom. The molecule has 0 N–H and O–H groups in total. The predicted molar refractivity (Wildman–Crippen MR) is 69.3 cm³/mol. The lowest BCUT2D eigenvalue weighted by molar-refractivity contribution is 0.0786. The Balaban J connectivity index is 2.57. The highest BCUT2D eigenvalue weighted by Gasteiger charge is 2.17. The minimum Gasteiger partial charge on any atom is -0.496 e. The maximum absolute atomic E-state index is 12.0. The van der Waals surface area contributed by atoms with Crippen LogP contribution in [0, 0.1) is 0 Å². The summed E-state index contributed by atoms with van der Waals surface area (Å²) in [5.74, 6) is 0.645. The van der Waals surface area contributed by atoms with Gasteiger partial charge in [0.15, 0.2) is 0 Å². The largest absolute Gasteiger partial charge is 0.496 e. The van der Waals surface area contributed by atoms with Gasteiger partial charge in [0.2, 0.25) is 0 Å². The summed E-state index contributed by atoms with van der Waals surface area (Å²) in [6.45, 7) is 0.876. The molecule has 1 rings (SSSR count). The van der Waals surface area contributed by atoms with Crippen LogP contribution in [0.15, 0.2) is 11.4 Å². The van der Waals surface area contributed by atoms with Crippen molar-refractivity contribution < 1.29 is 14.3 Å². The van der Waals surface area contributed by atoms with Crippen molar-refractivity contribution in [1.82, 2.24) is 4.90 Å².